The van der Waals surface area contributed by atoms with E-state index in [0.717, 1.165) is 25.1 Å². The number of hydrogen-bond donors (Lipinski definition) is 1. The van der Waals surface area contributed by atoms with Crippen LogP contribution in [0.3, 0.4) is 0 Å². The smallest absolute Gasteiger partial charge is 0.119 e. The maximum atomic E-state index is 5.33. The minimum Gasteiger partial charge on any atom is -0.497 e. The van der Waals surface area contributed by atoms with Gasteiger partial charge in [-0.1, -0.05) is 26.0 Å². The Balaban J connectivity index is 2.16. The summed E-state index contributed by atoms with van der Waals surface area (Å²) < 4.78 is 5.33. The predicted octanol–water partition coefficient (Wildman–Crippen LogP) is 4.21. The van der Waals surface area contributed by atoms with Crippen molar-refractivity contribution in [1.82, 2.24) is 5.32 Å². The van der Waals surface area contributed by atoms with Gasteiger partial charge < -0.3 is 10.1 Å². The highest BCUT2D eigenvalue weighted by atomic mass is 32.1. The molecule has 1 atom stereocenters. The molecule has 0 aliphatic rings. The number of thiophene rings is 1. The van der Waals surface area contributed by atoms with E-state index in [9.17, 15) is 0 Å². The highest BCUT2D eigenvalue weighted by molar-refractivity contribution is 7.11. The molecule has 3 heteroatoms. The molecule has 0 spiro atoms. The average Bonchev–Trinajstić information content (AvgIpc) is 2.94. The van der Waals surface area contributed by atoms with Crippen LogP contribution in [0, 0.1) is 0 Å². The van der Waals surface area contributed by atoms with Crippen molar-refractivity contribution in [2.24, 2.45) is 0 Å². The average molecular weight is 289 g/mol. The van der Waals surface area contributed by atoms with E-state index in [4.69, 9.17) is 4.74 Å². The van der Waals surface area contributed by atoms with Gasteiger partial charge in [-0.05, 0) is 42.8 Å². The Hall–Kier alpha value is -1.32. The third-order valence-corrected chi connectivity index (χ3v) is 4.67. The van der Waals surface area contributed by atoms with Gasteiger partial charge in [0.2, 0.25) is 0 Å². The van der Waals surface area contributed by atoms with E-state index in [0.29, 0.717) is 6.04 Å². The van der Waals surface area contributed by atoms with Crippen molar-refractivity contribution in [2.75, 3.05) is 13.7 Å². The van der Waals surface area contributed by atoms with Crippen LogP contribution in [0.1, 0.15) is 35.2 Å². The quantitative estimate of drug-likeness (QED) is 0.824. The second-order valence-corrected chi connectivity index (χ2v) is 6.07. The van der Waals surface area contributed by atoms with Crippen LogP contribution < -0.4 is 10.1 Å². The molecular formula is C17H23NOS. The zero-order chi connectivity index (χ0) is 14.4. The first kappa shape index (κ1) is 15.1. The van der Waals surface area contributed by atoms with Gasteiger partial charge in [0.1, 0.15) is 5.75 Å². The minimum atomic E-state index is 0.346. The van der Waals surface area contributed by atoms with Gasteiger partial charge in [-0.15, -0.1) is 11.3 Å². The third kappa shape index (κ3) is 3.84. The predicted molar refractivity (Wildman–Crippen MR) is 86.8 cm³/mol. The minimum absolute atomic E-state index is 0.346. The molecule has 1 aromatic carbocycles. The highest BCUT2D eigenvalue weighted by Crippen LogP contribution is 2.26. The molecule has 1 N–H and O–H groups in total. The Morgan fingerprint density at radius 3 is 2.60 bits per heavy atom. The number of nitrogens with one attached hydrogen (secondary N) is 1. The fraction of sp³-hybridized carbons (Fsp3) is 0.412. The molecule has 0 aliphatic heterocycles. The normalized spacial score (nSPS) is 12.3. The van der Waals surface area contributed by atoms with Crippen molar-refractivity contribution in [3.63, 3.8) is 0 Å². The molecule has 108 valence electrons. The SMILES string of the molecule is CCNC(Cc1ccc(CC)s1)c1cccc(OC)c1. The molecule has 0 amide bonds. The van der Waals surface area contributed by atoms with E-state index in [2.05, 4.69) is 49.5 Å². The molecular weight excluding hydrogens is 266 g/mol. The lowest BCUT2D eigenvalue weighted by Gasteiger charge is -2.18. The van der Waals surface area contributed by atoms with E-state index < -0.39 is 0 Å². The third-order valence-electron chi connectivity index (χ3n) is 3.42. The van der Waals surface area contributed by atoms with Crippen LogP contribution in [-0.4, -0.2) is 13.7 Å². The lowest BCUT2D eigenvalue weighted by atomic mass is 10.0. The van der Waals surface area contributed by atoms with Crippen LogP contribution >= 0.6 is 11.3 Å². The summed E-state index contributed by atoms with van der Waals surface area (Å²) in [6, 6.07) is 13.2. The van der Waals surface area contributed by atoms with Gasteiger partial charge in [0.25, 0.3) is 0 Å². The van der Waals surface area contributed by atoms with Crippen LogP contribution in [0.5, 0.6) is 5.75 Å². The first-order valence-corrected chi connectivity index (χ1v) is 8.03. The molecule has 0 saturated carbocycles. The van der Waals surface area contributed by atoms with Crippen molar-refractivity contribution in [3.05, 3.63) is 51.7 Å². The van der Waals surface area contributed by atoms with Crippen molar-refractivity contribution >= 4 is 11.3 Å². The highest BCUT2D eigenvalue weighted by Gasteiger charge is 2.13. The van der Waals surface area contributed by atoms with Crippen molar-refractivity contribution in [2.45, 2.75) is 32.7 Å². The molecule has 0 radical (unpaired) electrons. The van der Waals surface area contributed by atoms with E-state index in [1.165, 1.54) is 15.3 Å². The number of likely N-dealkylation sites (N-methyl/N-ethyl adjacent to an activating group) is 1. The lowest BCUT2D eigenvalue weighted by Crippen LogP contribution is -2.22. The van der Waals surface area contributed by atoms with Crippen molar-refractivity contribution < 1.29 is 4.74 Å². The Bertz CT molecular complexity index is 535. The topological polar surface area (TPSA) is 21.3 Å². The number of ether oxygens (including phenoxy) is 1. The molecule has 1 unspecified atom stereocenters. The van der Waals surface area contributed by atoms with Gasteiger partial charge in [0, 0.05) is 22.2 Å². The second kappa shape index (κ2) is 7.46. The molecule has 2 nitrogen and oxygen atoms in total. The number of hydrogen-bond acceptors (Lipinski definition) is 3. The molecule has 2 rings (SSSR count). The van der Waals surface area contributed by atoms with Crippen molar-refractivity contribution in [1.29, 1.82) is 0 Å². The fourth-order valence-corrected chi connectivity index (χ4v) is 3.34. The van der Waals surface area contributed by atoms with Crippen LogP contribution in [0.25, 0.3) is 0 Å². The number of methoxy groups -OCH3 is 1. The standard InChI is InChI=1S/C17H23NOS/c1-4-15-9-10-16(20-15)12-17(18-5-2)13-7-6-8-14(11-13)19-3/h6-11,17-18H,4-5,12H2,1-3H3. The molecule has 0 saturated heterocycles. The van der Waals surface area contributed by atoms with Crippen LogP contribution in [-0.2, 0) is 12.8 Å². The summed E-state index contributed by atoms with van der Waals surface area (Å²) in [6.45, 7) is 5.33. The first-order valence-electron chi connectivity index (χ1n) is 7.21. The largest absolute Gasteiger partial charge is 0.497 e. The molecule has 1 heterocycles. The summed E-state index contributed by atoms with van der Waals surface area (Å²) >= 11 is 1.92. The Morgan fingerprint density at radius 2 is 1.95 bits per heavy atom. The fourth-order valence-electron chi connectivity index (χ4n) is 2.34. The molecule has 0 aliphatic carbocycles. The molecule has 20 heavy (non-hydrogen) atoms. The summed E-state index contributed by atoms with van der Waals surface area (Å²) in [5.41, 5.74) is 1.29. The first-order chi connectivity index (χ1) is 9.76. The van der Waals surface area contributed by atoms with Gasteiger partial charge in [-0.3, -0.25) is 0 Å². The second-order valence-electron chi connectivity index (χ2n) is 4.81. The zero-order valence-corrected chi connectivity index (χ0v) is 13.3. The molecule has 0 fully saturated rings. The van der Waals surface area contributed by atoms with Gasteiger partial charge in [-0.25, -0.2) is 0 Å². The number of aryl methyl sites for hydroxylation is 1. The summed E-state index contributed by atoms with van der Waals surface area (Å²) in [5, 5.41) is 3.58. The van der Waals surface area contributed by atoms with Crippen LogP contribution in [0.4, 0.5) is 0 Å². The van der Waals surface area contributed by atoms with E-state index in [-0.39, 0.29) is 0 Å². The molecule has 2 aromatic rings. The van der Waals surface area contributed by atoms with Gasteiger partial charge in [0.05, 0.1) is 7.11 Å². The summed E-state index contributed by atoms with van der Waals surface area (Å²) in [5.74, 6) is 0.922. The number of benzene rings is 1. The summed E-state index contributed by atoms with van der Waals surface area (Å²) in [6.07, 6.45) is 2.15. The summed E-state index contributed by atoms with van der Waals surface area (Å²) in [7, 11) is 1.72. The zero-order valence-electron chi connectivity index (χ0n) is 12.5. The summed E-state index contributed by atoms with van der Waals surface area (Å²) in [4.78, 5) is 2.90. The maximum absolute atomic E-state index is 5.33. The van der Waals surface area contributed by atoms with E-state index in [1.54, 1.807) is 7.11 Å². The lowest BCUT2D eigenvalue weighted by molar-refractivity contribution is 0.413. The Kier molecular flexibility index (Phi) is 5.62. The Labute approximate surface area is 125 Å². The Morgan fingerprint density at radius 1 is 1.15 bits per heavy atom. The van der Waals surface area contributed by atoms with Gasteiger partial charge in [-0.2, -0.15) is 0 Å². The van der Waals surface area contributed by atoms with Gasteiger partial charge >= 0.3 is 0 Å². The maximum Gasteiger partial charge on any atom is 0.119 e. The number of rotatable bonds is 7. The van der Waals surface area contributed by atoms with E-state index >= 15 is 0 Å². The van der Waals surface area contributed by atoms with Crippen LogP contribution in [0.2, 0.25) is 0 Å². The van der Waals surface area contributed by atoms with Gasteiger partial charge in [0.15, 0.2) is 0 Å². The monoisotopic (exact) mass is 289 g/mol. The van der Waals surface area contributed by atoms with Crippen LogP contribution in [0.15, 0.2) is 36.4 Å². The molecule has 1 aromatic heterocycles. The van der Waals surface area contributed by atoms with Crippen molar-refractivity contribution in [3.8, 4) is 5.75 Å². The van der Waals surface area contributed by atoms with E-state index in [1.807, 2.05) is 17.4 Å². The molecule has 0 bridgehead atoms.